The van der Waals surface area contributed by atoms with E-state index in [1.807, 2.05) is 84.9 Å². The molecule has 92 heavy (non-hydrogen) atoms. The number of esters is 2. The topological polar surface area (TPSA) is 228 Å². The zero-order valence-corrected chi connectivity index (χ0v) is 57.2. The summed E-state index contributed by atoms with van der Waals surface area (Å²) in [6.45, 7) is 24.2. The Bertz CT molecular complexity index is 3360. The molecule has 1 aliphatic carbocycles. The van der Waals surface area contributed by atoms with Crippen LogP contribution >= 0.6 is 21.6 Å². The number of phenols is 2. The third-order valence-corrected chi connectivity index (χ3v) is 19.2. The van der Waals surface area contributed by atoms with Gasteiger partial charge in [-0.1, -0.05) is 214 Å². The average molecular weight is 1290 g/mol. The molecule has 490 valence electrons. The van der Waals surface area contributed by atoms with Crippen molar-refractivity contribution >= 4 is 57.2 Å². The number of phenolic OH excluding ortho intramolecular Hbond substituents is 2. The van der Waals surface area contributed by atoms with Crippen LogP contribution in [0.4, 0.5) is 0 Å². The lowest BCUT2D eigenvalue weighted by molar-refractivity contribution is -0.145. The average Bonchev–Trinajstić information content (AvgIpc) is 0.771. The number of nitrogens with one attached hydrogen (secondary N) is 4. The van der Waals surface area contributed by atoms with E-state index >= 15 is 0 Å². The molecule has 18 heteroatoms. The normalized spacial score (nSPS) is 18.5. The molecule has 9 rings (SSSR count). The molecule has 0 spiro atoms. The summed E-state index contributed by atoms with van der Waals surface area (Å²) in [6.07, 6.45) is 0.598. The van der Waals surface area contributed by atoms with Gasteiger partial charge < -0.3 is 50.4 Å². The van der Waals surface area contributed by atoms with E-state index in [0.29, 0.717) is 56.0 Å². The number of rotatable bonds is 6. The lowest BCUT2D eigenvalue weighted by atomic mass is 9.79. The van der Waals surface area contributed by atoms with Crippen LogP contribution in [-0.4, -0.2) is 109 Å². The van der Waals surface area contributed by atoms with Crippen molar-refractivity contribution in [2.45, 2.75) is 167 Å². The molecule has 0 radical (unpaired) electrons. The summed E-state index contributed by atoms with van der Waals surface area (Å²) in [5.74, 6) is -3.52. The Labute approximate surface area is 549 Å². The van der Waals surface area contributed by atoms with Gasteiger partial charge in [-0.15, -0.1) is 0 Å². The Morgan fingerprint density at radius 3 is 0.978 bits per heavy atom. The quantitative estimate of drug-likeness (QED) is 0.0517. The van der Waals surface area contributed by atoms with Crippen molar-refractivity contribution in [1.29, 1.82) is 0 Å². The molecule has 0 saturated carbocycles. The molecule has 16 nitrogen and oxygen atoms in total. The van der Waals surface area contributed by atoms with Gasteiger partial charge in [-0.05, 0) is 99.5 Å². The molecule has 3 aliphatic rings. The first kappa shape index (κ1) is 69.9. The van der Waals surface area contributed by atoms with Gasteiger partial charge in [0.15, 0.2) is 13.2 Å². The van der Waals surface area contributed by atoms with Gasteiger partial charge in [0.2, 0.25) is 11.8 Å². The minimum atomic E-state index is -1.24. The summed E-state index contributed by atoms with van der Waals surface area (Å²) in [5, 5.41) is 37.4. The molecule has 0 unspecified atom stereocenters. The van der Waals surface area contributed by atoms with E-state index < -0.39 is 94.6 Å². The van der Waals surface area contributed by atoms with Gasteiger partial charge in [-0.25, -0.2) is 9.59 Å². The molecule has 0 saturated heterocycles. The van der Waals surface area contributed by atoms with Crippen molar-refractivity contribution < 1.29 is 57.9 Å². The molecular weight excluding hydrogens is 1200 g/mol. The summed E-state index contributed by atoms with van der Waals surface area (Å²) >= 11 is 0. The van der Waals surface area contributed by atoms with Crippen LogP contribution in [0.5, 0.6) is 23.0 Å². The number of aromatic hydroxyl groups is 2. The third kappa shape index (κ3) is 18.0. The fraction of sp³-hybridized carbons (Fsp3) is 0.432. The number of hydrogen-bond acceptors (Lipinski definition) is 14. The Balaban J connectivity index is 1.38. The zero-order valence-electron chi connectivity index (χ0n) is 55.6. The Kier molecular flexibility index (Phi) is 22.3. The molecule has 4 atom stereocenters. The summed E-state index contributed by atoms with van der Waals surface area (Å²) in [4.78, 5) is 85.7. The molecule has 2 aliphatic heterocycles. The van der Waals surface area contributed by atoms with Gasteiger partial charge in [0.05, 0.1) is 14.2 Å². The zero-order chi connectivity index (χ0) is 67.0. The molecule has 4 amide bonds. The fourth-order valence-corrected chi connectivity index (χ4v) is 13.6. The minimum Gasteiger partial charge on any atom is -0.507 e. The number of ether oxygens (including phenoxy) is 4. The second-order valence-electron chi connectivity index (χ2n) is 28.2. The Hall–Kier alpha value is -7.96. The maximum Gasteiger partial charge on any atom is 0.329 e. The smallest absolute Gasteiger partial charge is 0.329 e. The van der Waals surface area contributed by atoms with Crippen LogP contribution in [0.2, 0.25) is 0 Å². The number of methoxy groups -OCH3 is 2. The Morgan fingerprint density at radius 2 is 0.717 bits per heavy atom. The largest absolute Gasteiger partial charge is 0.507 e. The number of benzene rings is 6. The first-order chi connectivity index (χ1) is 43.3. The van der Waals surface area contributed by atoms with Crippen LogP contribution in [0.1, 0.15) is 161 Å². The first-order valence-electron chi connectivity index (χ1n) is 31.3. The standard InChI is InChI=1S/C74H90N4O12S2/c1-71(2,3)53-31-45-27-49-35-55(73(7,8)9)37-51-29-47-33-54(72(4,5)6)34-48(64(47)82)30-52-38-56(74(10,11)12)36-50(28-46(32-53)63(45)81)66(52)90-40-62(80)76-58(26-44-23-19-16-20-24-44)68(84)78-60(70(86)88-14)42-92-91-41-59(69(85)87-13)77-67(83)57(25-43-21-17-15-18-22-43)75-61(79)39-89-65(49)51/h15-24,31-38,57-60,81-82H,25-30,39-42H2,1-14H3,(H,75,79)(H,76,80)(H,77,83)(H,78,84)/t57-,58-,59-,60-/m0/s1. The first-order valence-corrected chi connectivity index (χ1v) is 33.7. The van der Waals surface area contributed by atoms with E-state index in [4.69, 9.17) is 18.9 Å². The second kappa shape index (κ2) is 29.3. The van der Waals surface area contributed by atoms with Gasteiger partial charge in [0, 0.05) is 50.0 Å². The van der Waals surface area contributed by atoms with Crippen LogP contribution < -0.4 is 30.7 Å². The number of carbonyl (C=O) groups is 6. The van der Waals surface area contributed by atoms with E-state index in [0.717, 1.165) is 55.0 Å². The lowest BCUT2D eigenvalue weighted by Crippen LogP contribution is -2.54. The molecule has 10 bridgehead atoms. The molecule has 0 aromatic heterocycles. The molecule has 6 N–H and O–H groups in total. The number of fused-ring (bicyclic) bond motifs is 19. The summed E-state index contributed by atoms with van der Waals surface area (Å²) in [6, 6.07) is 29.5. The van der Waals surface area contributed by atoms with Gasteiger partial charge >= 0.3 is 11.9 Å². The molecule has 2 heterocycles. The molecular formula is C74H90N4O12S2. The highest BCUT2D eigenvalue weighted by molar-refractivity contribution is 8.76. The van der Waals surface area contributed by atoms with Crippen molar-refractivity contribution in [3.63, 3.8) is 0 Å². The highest BCUT2D eigenvalue weighted by atomic mass is 33.1. The maximum atomic E-state index is 14.7. The van der Waals surface area contributed by atoms with Crippen LogP contribution in [0.3, 0.4) is 0 Å². The van der Waals surface area contributed by atoms with Crippen molar-refractivity contribution in [3.8, 4) is 23.0 Å². The van der Waals surface area contributed by atoms with Crippen molar-refractivity contribution in [3.05, 3.63) is 187 Å². The summed E-state index contributed by atoms with van der Waals surface area (Å²) in [5.41, 5.74) is 8.47. The SMILES string of the molecule is COC(=O)[C@@H]1CSSC[C@@H](C(=O)OC)NC(=O)[C@H](Cc2ccccc2)NC(=O)COc2c3cc(C(C)(C)C)cc2Cc2cc(C(C)(C)C)cc(c2O)Cc2cc(C(C)(C)C)cc(c2OCC(=O)N[C@@H](Cc2ccccc2)C(=O)N1)Cc1cc(C(C)(C)C)cc(c1O)C3. The molecule has 6 aromatic rings. The molecule has 6 aromatic carbocycles. The summed E-state index contributed by atoms with van der Waals surface area (Å²) in [7, 11) is 4.65. The number of amides is 4. The van der Waals surface area contributed by atoms with E-state index in [1.54, 1.807) is 0 Å². The van der Waals surface area contributed by atoms with E-state index in [2.05, 4.69) is 129 Å². The highest BCUT2D eigenvalue weighted by Crippen LogP contribution is 2.44. The van der Waals surface area contributed by atoms with Crippen molar-refractivity contribution in [2.24, 2.45) is 0 Å². The highest BCUT2D eigenvalue weighted by Gasteiger charge is 2.34. The van der Waals surface area contributed by atoms with Gasteiger partial charge in [-0.3, -0.25) is 19.2 Å². The van der Waals surface area contributed by atoms with Gasteiger partial charge in [0.1, 0.15) is 47.2 Å². The van der Waals surface area contributed by atoms with Crippen LogP contribution in [0, 0.1) is 0 Å². The van der Waals surface area contributed by atoms with E-state index in [1.165, 1.54) is 14.2 Å². The van der Waals surface area contributed by atoms with E-state index in [-0.39, 0.29) is 61.5 Å². The Morgan fingerprint density at radius 1 is 0.446 bits per heavy atom. The fourth-order valence-electron chi connectivity index (χ4n) is 11.3. The monoisotopic (exact) mass is 1290 g/mol. The number of carbonyl (C=O) groups excluding carboxylic acids is 6. The molecule has 0 fully saturated rings. The van der Waals surface area contributed by atoms with Crippen molar-refractivity contribution in [2.75, 3.05) is 38.9 Å². The van der Waals surface area contributed by atoms with Gasteiger partial charge in [-0.2, -0.15) is 0 Å². The maximum absolute atomic E-state index is 14.7. The predicted octanol–water partition coefficient (Wildman–Crippen LogP) is 10.9. The second-order valence-corrected chi connectivity index (χ2v) is 30.7. The lowest BCUT2D eigenvalue weighted by Gasteiger charge is -2.28. The van der Waals surface area contributed by atoms with Gasteiger partial charge in [0.25, 0.3) is 11.8 Å². The van der Waals surface area contributed by atoms with Crippen LogP contribution in [-0.2, 0) is 98.4 Å². The van der Waals surface area contributed by atoms with Crippen molar-refractivity contribution in [1.82, 2.24) is 21.3 Å². The van der Waals surface area contributed by atoms with Crippen LogP contribution in [0.25, 0.3) is 0 Å². The third-order valence-electron chi connectivity index (χ3n) is 16.7. The predicted molar refractivity (Wildman–Crippen MR) is 363 cm³/mol. The summed E-state index contributed by atoms with van der Waals surface area (Å²) < 4.78 is 24.0. The van der Waals surface area contributed by atoms with Crippen LogP contribution in [0.15, 0.2) is 109 Å². The van der Waals surface area contributed by atoms with E-state index in [9.17, 15) is 39.0 Å². The number of hydrogen-bond donors (Lipinski definition) is 6. The minimum absolute atomic E-state index is 0.0291.